The van der Waals surface area contributed by atoms with E-state index in [1.54, 1.807) is 0 Å². The lowest BCUT2D eigenvalue weighted by Gasteiger charge is -2.48. The van der Waals surface area contributed by atoms with Crippen molar-refractivity contribution in [3.8, 4) is 0 Å². The summed E-state index contributed by atoms with van der Waals surface area (Å²) in [6.45, 7) is 6.56. The molecule has 18 heavy (non-hydrogen) atoms. The van der Waals surface area contributed by atoms with E-state index in [2.05, 4.69) is 19.2 Å². The van der Waals surface area contributed by atoms with Crippen LogP contribution in [0, 0.1) is 6.92 Å². The number of amides is 1. The monoisotopic (exact) mass is 248 g/mol. The average molecular weight is 248 g/mol. The summed E-state index contributed by atoms with van der Waals surface area (Å²) < 4.78 is 0. The number of nitrogens with one attached hydrogen (secondary N) is 1. The van der Waals surface area contributed by atoms with Gasteiger partial charge in [-0.1, -0.05) is 17.7 Å². The Labute approximate surface area is 108 Å². The SMILES string of the molecule is Cc1ccc(N2C(CO)C(=O)NCC2(C)C)cc1. The second-order valence-electron chi connectivity index (χ2n) is 5.43. The lowest BCUT2D eigenvalue weighted by molar-refractivity contribution is -0.125. The van der Waals surface area contributed by atoms with Crippen LogP contribution >= 0.6 is 0 Å². The van der Waals surface area contributed by atoms with Crippen LogP contribution in [0.1, 0.15) is 19.4 Å². The Morgan fingerprint density at radius 2 is 2.00 bits per heavy atom. The minimum atomic E-state index is -0.517. The van der Waals surface area contributed by atoms with Crippen LogP contribution < -0.4 is 10.2 Å². The second kappa shape index (κ2) is 4.61. The zero-order valence-corrected chi connectivity index (χ0v) is 11.1. The van der Waals surface area contributed by atoms with Gasteiger partial charge in [0.05, 0.1) is 12.1 Å². The largest absolute Gasteiger partial charge is 0.394 e. The van der Waals surface area contributed by atoms with E-state index < -0.39 is 6.04 Å². The summed E-state index contributed by atoms with van der Waals surface area (Å²) in [5, 5.41) is 12.3. The Bertz CT molecular complexity index is 440. The number of carbonyl (C=O) groups excluding carboxylic acids is 1. The van der Waals surface area contributed by atoms with Crippen LogP contribution in [0.3, 0.4) is 0 Å². The van der Waals surface area contributed by atoms with Crippen molar-refractivity contribution in [3.63, 3.8) is 0 Å². The van der Waals surface area contributed by atoms with E-state index in [0.717, 1.165) is 5.69 Å². The van der Waals surface area contributed by atoms with Gasteiger partial charge in [0.2, 0.25) is 5.91 Å². The fourth-order valence-electron chi connectivity index (χ4n) is 2.44. The van der Waals surface area contributed by atoms with Crippen LogP contribution in [0.25, 0.3) is 0 Å². The van der Waals surface area contributed by atoms with Gasteiger partial charge >= 0.3 is 0 Å². The van der Waals surface area contributed by atoms with Crippen molar-refractivity contribution in [1.82, 2.24) is 5.32 Å². The van der Waals surface area contributed by atoms with Crippen molar-refractivity contribution in [3.05, 3.63) is 29.8 Å². The van der Waals surface area contributed by atoms with Gasteiger partial charge in [0.25, 0.3) is 0 Å². The van der Waals surface area contributed by atoms with E-state index >= 15 is 0 Å². The Morgan fingerprint density at radius 3 is 2.56 bits per heavy atom. The van der Waals surface area contributed by atoms with Crippen LogP contribution in [-0.2, 0) is 4.79 Å². The van der Waals surface area contributed by atoms with Crippen LogP contribution in [0.5, 0.6) is 0 Å². The molecule has 1 aromatic rings. The predicted octanol–water partition coefficient (Wildman–Crippen LogP) is 1.07. The number of rotatable bonds is 2. The number of piperazine rings is 1. The Kier molecular flexibility index (Phi) is 3.30. The summed E-state index contributed by atoms with van der Waals surface area (Å²) in [6.07, 6.45) is 0. The molecule has 4 nitrogen and oxygen atoms in total. The molecule has 0 spiro atoms. The standard InChI is InChI=1S/C14H20N2O2/c1-10-4-6-11(7-5-10)16-12(8-17)13(18)15-9-14(16,2)3/h4-7,12,17H,8-9H2,1-3H3,(H,15,18). The molecule has 0 bridgehead atoms. The van der Waals surface area contributed by atoms with Crippen molar-refractivity contribution in [1.29, 1.82) is 0 Å². The Hall–Kier alpha value is -1.55. The summed E-state index contributed by atoms with van der Waals surface area (Å²) in [7, 11) is 0. The lowest BCUT2D eigenvalue weighted by Crippen LogP contribution is -2.67. The Balaban J connectivity index is 2.41. The number of nitrogens with zero attached hydrogens (tertiary/aromatic N) is 1. The van der Waals surface area contributed by atoms with E-state index in [9.17, 15) is 9.90 Å². The molecule has 1 aliphatic heterocycles. The van der Waals surface area contributed by atoms with Crippen LogP contribution in [-0.4, -0.2) is 35.7 Å². The minimum Gasteiger partial charge on any atom is -0.394 e. The fraction of sp³-hybridized carbons (Fsp3) is 0.500. The third-order valence-electron chi connectivity index (χ3n) is 3.45. The maximum absolute atomic E-state index is 11.9. The molecule has 98 valence electrons. The first-order chi connectivity index (χ1) is 8.45. The quantitative estimate of drug-likeness (QED) is 0.823. The molecule has 1 fully saturated rings. The molecule has 2 rings (SSSR count). The van der Waals surface area contributed by atoms with E-state index in [0.29, 0.717) is 6.54 Å². The molecule has 0 radical (unpaired) electrons. The fourth-order valence-corrected chi connectivity index (χ4v) is 2.44. The molecule has 0 aliphatic carbocycles. The third-order valence-corrected chi connectivity index (χ3v) is 3.45. The van der Waals surface area contributed by atoms with Crippen LogP contribution in [0.2, 0.25) is 0 Å². The average Bonchev–Trinajstić information content (AvgIpc) is 2.33. The highest BCUT2D eigenvalue weighted by Gasteiger charge is 2.40. The number of benzene rings is 1. The molecule has 1 atom stereocenters. The van der Waals surface area contributed by atoms with Crippen molar-refractivity contribution >= 4 is 11.6 Å². The molecule has 1 saturated heterocycles. The topological polar surface area (TPSA) is 52.6 Å². The summed E-state index contributed by atoms with van der Waals surface area (Å²) in [5.41, 5.74) is 1.94. The molecule has 0 saturated carbocycles. The zero-order valence-electron chi connectivity index (χ0n) is 11.1. The number of aliphatic hydroxyl groups is 1. The van der Waals surface area contributed by atoms with Crippen LogP contribution in [0.15, 0.2) is 24.3 Å². The van der Waals surface area contributed by atoms with Gasteiger partial charge in [-0.3, -0.25) is 4.79 Å². The highest BCUT2D eigenvalue weighted by atomic mass is 16.3. The minimum absolute atomic E-state index is 0.114. The van der Waals surface area contributed by atoms with E-state index in [-0.39, 0.29) is 18.1 Å². The molecule has 4 heteroatoms. The summed E-state index contributed by atoms with van der Waals surface area (Å²) in [5.74, 6) is -0.114. The number of anilines is 1. The van der Waals surface area contributed by atoms with Gasteiger partial charge < -0.3 is 15.3 Å². The predicted molar refractivity (Wildman–Crippen MR) is 71.6 cm³/mol. The van der Waals surface area contributed by atoms with Gasteiger partial charge in [-0.2, -0.15) is 0 Å². The molecule has 1 amide bonds. The summed E-state index contributed by atoms with van der Waals surface area (Å²) in [6, 6.07) is 7.52. The molecule has 1 heterocycles. The highest BCUT2D eigenvalue weighted by molar-refractivity contribution is 5.87. The normalized spacial score (nSPS) is 22.8. The molecule has 1 aliphatic rings. The van der Waals surface area contributed by atoms with Gasteiger partial charge in [0, 0.05) is 12.2 Å². The zero-order chi connectivity index (χ0) is 13.3. The molecule has 0 aromatic heterocycles. The van der Waals surface area contributed by atoms with E-state index in [4.69, 9.17) is 0 Å². The number of aliphatic hydroxyl groups excluding tert-OH is 1. The number of aryl methyl sites for hydroxylation is 1. The molecule has 1 unspecified atom stereocenters. The molecular formula is C14H20N2O2. The smallest absolute Gasteiger partial charge is 0.245 e. The first-order valence-electron chi connectivity index (χ1n) is 6.20. The van der Waals surface area contributed by atoms with Gasteiger partial charge in [-0.25, -0.2) is 0 Å². The van der Waals surface area contributed by atoms with Gasteiger partial charge in [-0.15, -0.1) is 0 Å². The maximum atomic E-state index is 11.9. The van der Waals surface area contributed by atoms with E-state index in [1.807, 2.05) is 36.1 Å². The first-order valence-corrected chi connectivity index (χ1v) is 6.20. The highest BCUT2D eigenvalue weighted by Crippen LogP contribution is 2.29. The Morgan fingerprint density at radius 1 is 1.39 bits per heavy atom. The third kappa shape index (κ3) is 2.20. The van der Waals surface area contributed by atoms with Gasteiger partial charge in [0.15, 0.2) is 0 Å². The number of carbonyl (C=O) groups is 1. The molecule has 1 aromatic carbocycles. The summed E-state index contributed by atoms with van der Waals surface area (Å²) in [4.78, 5) is 13.9. The second-order valence-corrected chi connectivity index (χ2v) is 5.43. The van der Waals surface area contributed by atoms with E-state index in [1.165, 1.54) is 5.56 Å². The summed E-state index contributed by atoms with van der Waals surface area (Å²) >= 11 is 0. The lowest BCUT2D eigenvalue weighted by atomic mass is 9.94. The number of hydrogen-bond acceptors (Lipinski definition) is 3. The first kappa shape index (κ1) is 12.9. The number of hydrogen-bond donors (Lipinski definition) is 2. The van der Waals surface area contributed by atoms with Gasteiger partial charge in [0.1, 0.15) is 6.04 Å². The molecule has 2 N–H and O–H groups in total. The van der Waals surface area contributed by atoms with Crippen molar-refractivity contribution in [2.75, 3.05) is 18.1 Å². The van der Waals surface area contributed by atoms with Crippen molar-refractivity contribution < 1.29 is 9.90 Å². The maximum Gasteiger partial charge on any atom is 0.245 e. The van der Waals surface area contributed by atoms with Crippen LogP contribution in [0.4, 0.5) is 5.69 Å². The van der Waals surface area contributed by atoms with Crippen molar-refractivity contribution in [2.24, 2.45) is 0 Å². The molecular weight excluding hydrogens is 228 g/mol. The van der Waals surface area contributed by atoms with Crippen molar-refractivity contribution in [2.45, 2.75) is 32.4 Å². The van der Waals surface area contributed by atoms with Gasteiger partial charge in [-0.05, 0) is 32.9 Å².